The Morgan fingerprint density at radius 2 is 2.12 bits per heavy atom. The van der Waals surface area contributed by atoms with Gasteiger partial charge in [0.25, 0.3) is 0 Å². The Hall–Kier alpha value is -1.83. The zero-order valence-electron chi connectivity index (χ0n) is 13.3. The van der Waals surface area contributed by atoms with Gasteiger partial charge in [0.05, 0.1) is 5.56 Å². The second-order valence-corrected chi connectivity index (χ2v) is 5.94. The van der Waals surface area contributed by atoms with E-state index in [0.717, 1.165) is 18.2 Å². The van der Waals surface area contributed by atoms with E-state index in [2.05, 4.69) is 0 Å². The number of rotatable bonds is 5. The average Bonchev–Trinajstić information content (AvgIpc) is 2.95. The molecule has 1 aliphatic rings. The molecule has 1 amide bonds. The third kappa shape index (κ3) is 4.37. The van der Waals surface area contributed by atoms with E-state index < -0.39 is 23.7 Å². The Morgan fingerprint density at radius 1 is 1.42 bits per heavy atom. The number of alkyl halides is 3. The number of hydrogen-bond donors (Lipinski definition) is 1. The standard InChI is InChI=1S/C16H20F4N2O2/c1-2-6-21(13-5-7-22(10-13)15(23)24)9-11-8-12(17)3-4-14(11)16(18,19)20/h3-4,8,13H,2,5-7,9-10H2,1H3,(H,23,24)/t13-/m0/s1. The first-order chi connectivity index (χ1) is 11.2. The first-order valence-corrected chi connectivity index (χ1v) is 7.80. The van der Waals surface area contributed by atoms with Crippen LogP contribution in [0.5, 0.6) is 0 Å². The number of halogens is 4. The molecule has 0 radical (unpaired) electrons. The van der Waals surface area contributed by atoms with Crippen molar-refractivity contribution in [1.82, 2.24) is 9.80 Å². The summed E-state index contributed by atoms with van der Waals surface area (Å²) in [5.41, 5.74) is -0.970. The van der Waals surface area contributed by atoms with E-state index in [4.69, 9.17) is 5.11 Å². The van der Waals surface area contributed by atoms with E-state index in [1.807, 2.05) is 11.8 Å². The maximum Gasteiger partial charge on any atom is 0.416 e. The predicted molar refractivity (Wildman–Crippen MR) is 80.1 cm³/mol. The topological polar surface area (TPSA) is 43.8 Å². The molecule has 1 aromatic rings. The molecule has 0 aliphatic carbocycles. The normalized spacial score (nSPS) is 18.4. The number of benzene rings is 1. The molecule has 1 heterocycles. The van der Waals surface area contributed by atoms with Gasteiger partial charge in [0, 0.05) is 25.7 Å². The molecule has 0 aromatic heterocycles. The Morgan fingerprint density at radius 3 is 2.67 bits per heavy atom. The lowest BCUT2D eigenvalue weighted by molar-refractivity contribution is -0.138. The van der Waals surface area contributed by atoms with Gasteiger partial charge in [-0.05, 0) is 43.1 Å². The highest BCUT2D eigenvalue weighted by Gasteiger charge is 2.35. The Balaban J connectivity index is 2.22. The molecule has 1 N–H and O–H groups in total. The van der Waals surface area contributed by atoms with Gasteiger partial charge in [0.2, 0.25) is 0 Å². The van der Waals surface area contributed by atoms with Crippen LogP contribution in [-0.4, -0.2) is 46.7 Å². The first-order valence-electron chi connectivity index (χ1n) is 7.80. The Labute approximate surface area is 137 Å². The number of carboxylic acid groups (broad SMARTS) is 1. The molecule has 4 nitrogen and oxygen atoms in total. The molecule has 1 aromatic carbocycles. The quantitative estimate of drug-likeness (QED) is 0.823. The van der Waals surface area contributed by atoms with Crippen LogP contribution in [0.15, 0.2) is 18.2 Å². The molecule has 1 saturated heterocycles. The summed E-state index contributed by atoms with van der Waals surface area (Å²) in [7, 11) is 0. The van der Waals surface area contributed by atoms with E-state index in [9.17, 15) is 22.4 Å². The first kappa shape index (κ1) is 18.5. The zero-order valence-corrected chi connectivity index (χ0v) is 13.3. The molecule has 1 aliphatic heterocycles. The average molecular weight is 348 g/mol. The molecule has 1 fully saturated rings. The lowest BCUT2D eigenvalue weighted by Crippen LogP contribution is -2.39. The number of hydrogen-bond acceptors (Lipinski definition) is 2. The highest BCUT2D eigenvalue weighted by molar-refractivity contribution is 5.65. The van der Waals surface area contributed by atoms with Gasteiger partial charge in [0.15, 0.2) is 0 Å². The van der Waals surface area contributed by atoms with E-state index in [1.165, 1.54) is 4.90 Å². The van der Waals surface area contributed by atoms with Crippen LogP contribution in [0, 0.1) is 5.82 Å². The maximum absolute atomic E-state index is 13.4. The van der Waals surface area contributed by atoms with Gasteiger partial charge < -0.3 is 10.0 Å². The van der Waals surface area contributed by atoms with Crippen molar-refractivity contribution >= 4 is 6.09 Å². The molecular formula is C16H20F4N2O2. The second-order valence-electron chi connectivity index (χ2n) is 5.94. The summed E-state index contributed by atoms with van der Waals surface area (Å²) < 4.78 is 52.8. The van der Waals surface area contributed by atoms with Gasteiger partial charge in [-0.15, -0.1) is 0 Å². The van der Waals surface area contributed by atoms with Crippen molar-refractivity contribution < 1.29 is 27.5 Å². The molecule has 0 saturated carbocycles. The van der Waals surface area contributed by atoms with Crippen LogP contribution >= 0.6 is 0 Å². The van der Waals surface area contributed by atoms with E-state index in [1.54, 1.807) is 0 Å². The van der Waals surface area contributed by atoms with Gasteiger partial charge in [-0.3, -0.25) is 4.90 Å². The minimum absolute atomic E-state index is 0.0570. The van der Waals surface area contributed by atoms with Crippen LogP contribution in [0.3, 0.4) is 0 Å². The fourth-order valence-electron chi connectivity index (χ4n) is 3.08. The minimum Gasteiger partial charge on any atom is -0.465 e. The van der Waals surface area contributed by atoms with Gasteiger partial charge in [-0.25, -0.2) is 9.18 Å². The number of likely N-dealkylation sites (tertiary alicyclic amines) is 1. The maximum atomic E-state index is 13.4. The van der Waals surface area contributed by atoms with Crippen molar-refractivity contribution in [3.05, 3.63) is 35.1 Å². The second kappa shape index (κ2) is 7.38. The Kier molecular flexibility index (Phi) is 5.69. The van der Waals surface area contributed by atoms with Crippen LogP contribution in [0.4, 0.5) is 22.4 Å². The minimum atomic E-state index is -4.55. The van der Waals surface area contributed by atoms with Crippen LogP contribution in [-0.2, 0) is 12.7 Å². The number of amides is 1. The largest absolute Gasteiger partial charge is 0.465 e. The molecule has 8 heteroatoms. The zero-order chi connectivity index (χ0) is 17.9. The van der Waals surface area contributed by atoms with Crippen LogP contribution in [0.25, 0.3) is 0 Å². The van der Waals surface area contributed by atoms with Gasteiger partial charge in [-0.2, -0.15) is 13.2 Å². The van der Waals surface area contributed by atoms with Gasteiger partial charge in [0.1, 0.15) is 5.82 Å². The van der Waals surface area contributed by atoms with Gasteiger partial charge >= 0.3 is 12.3 Å². The molecule has 0 bridgehead atoms. The summed E-state index contributed by atoms with van der Waals surface area (Å²) in [5, 5.41) is 9.03. The number of carbonyl (C=O) groups is 1. The fourth-order valence-corrected chi connectivity index (χ4v) is 3.08. The summed E-state index contributed by atoms with van der Waals surface area (Å²) in [6.07, 6.45) is -4.32. The van der Waals surface area contributed by atoms with Crippen LogP contribution in [0.2, 0.25) is 0 Å². The van der Waals surface area contributed by atoms with Crippen molar-refractivity contribution in [3.8, 4) is 0 Å². The summed E-state index contributed by atoms with van der Waals surface area (Å²) in [4.78, 5) is 14.1. The predicted octanol–water partition coefficient (Wildman–Crippen LogP) is 3.81. The molecule has 0 spiro atoms. The van der Waals surface area contributed by atoms with Gasteiger partial charge in [-0.1, -0.05) is 6.92 Å². The molecule has 24 heavy (non-hydrogen) atoms. The van der Waals surface area contributed by atoms with Crippen molar-refractivity contribution in [3.63, 3.8) is 0 Å². The highest BCUT2D eigenvalue weighted by atomic mass is 19.4. The summed E-state index contributed by atoms with van der Waals surface area (Å²) in [6, 6.07) is 2.31. The lowest BCUT2D eigenvalue weighted by atomic mass is 10.0. The van der Waals surface area contributed by atoms with Crippen LogP contribution < -0.4 is 0 Å². The van der Waals surface area contributed by atoms with Crippen molar-refractivity contribution in [1.29, 1.82) is 0 Å². The monoisotopic (exact) mass is 348 g/mol. The smallest absolute Gasteiger partial charge is 0.416 e. The van der Waals surface area contributed by atoms with Crippen molar-refractivity contribution in [2.75, 3.05) is 19.6 Å². The molecule has 1 atom stereocenters. The third-order valence-corrected chi connectivity index (χ3v) is 4.21. The molecular weight excluding hydrogens is 328 g/mol. The highest BCUT2D eigenvalue weighted by Crippen LogP contribution is 2.33. The summed E-state index contributed by atoms with van der Waals surface area (Å²) in [6.45, 7) is 2.97. The SMILES string of the molecule is CCCN(Cc1cc(F)ccc1C(F)(F)F)[C@H]1CCN(C(=O)O)C1. The number of nitrogens with zero attached hydrogens (tertiary/aromatic N) is 2. The third-order valence-electron chi connectivity index (χ3n) is 4.21. The van der Waals surface area contributed by atoms with Crippen molar-refractivity contribution in [2.24, 2.45) is 0 Å². The van der Waals surface area contributed by atoms with E-state index >= 15 is 0 Å². The summed E-state index contributed by atoms with van der Waals surface area (Å²) in [5.74, 6) is -0.715. The van der Waals surface area contributed by atoms with E-state index in [-0.39, 0.29) is 24.7 Å². The molecule has 2 rings (SSSR count). The Bertz CT molecular complexity index is 592. The molecule has 0 unspecified atom stereocenters. The lowest BCUT2D eigenvalue weighted by Gasteiger charge is -2.29. The summed E-state index contributed by atoms with van der Waals surface area (Å²) >= 11 is 0. The fraction of sp³-hybridized carbons (Fsp3) is 0.562. The van der Waals surface area contributed by atoms with E-state index in [0.29, 0.717) is 25.9 Å². The van der Waals surface area contributed by atoms with Crippen LogP contribution in [0.1, 0.15) is 30.9 Å². The van der Waals surface area contributed by atoms with Crippen molar-refractivity contribution in [2.45, 2.75) is 38.5 Å². The molecule has 134 valence electrons.